The first-order valence-corrected chi connectivity index (χ1v) is 21.1. The average Bonchev–Trinajstić information content (AvgIpc) is 3.53. The Morgan fingerprint density at radius 2 is 0.862 bits per heavy atom. The third kappa shape index (κ3) is 6.45. The standard InChI is InChI=1S/C57H49N/c1-57(2)54-28-16-27-50(43-21-10-5-11-22-43)56(54)53-38-37-47(39-55(53)57)58(45-33-29-41(30-34-45)40-17-6-3-7-18-40)46-35-31-44(32-36-46)49-24-13-15-26-52(49)51-25-14-12-23-48(51)42-19-8-4-9-20-42/h4-5,8-16,19-40H,3,6-7,17-18H2,1-2H3. The summed E-state index contributed by atoms with van der Waals surface area (Å²) in [4.78, 5) is 2.46. The molecule has 8 aromatic carbocycles. The van der Waals surface area contributed by atoms with Crippen molar-refractivity contribution in [1.29, 1.82) is 0 Å². The van der Waals surface area contributed by atoms with E-state index in [4.69, 9.17) is 0 Å². The minimum absolute atomic E-state index is 0.147. The molecule has 2 aliphatic carbocycles. The molecule has 0 radical (unpaired) electrons. The van der Waals surface area contributed by atoms with Gasteiger partial charge in [-0.05, 0) is 127 Å². The number of nitrogens with zero attached hydrogens (tertiary/aromatic N) is 1. The Morgan fingerprint density at radius 3 is 1.47 bits per heavy atom. The van der Waals surface area contributed by atoms with E-state index in [1.54, 1.807) is 0 Å². The Hall–Kier alpha value is -6.44. The van der Waals surface area contributed by atoms with Crippen molar-refractivity contribution in [3.05, 3.63) is 211 Å². The summed E-state index contributed by atoms with van der Waals surface area (Å²) in [6.45, 7) is 4.78. The lowest BCUT2D eigenvalue weighted by Crippen LogP contribution is -2.16. The zero-order chi connectivity index (χ0) is 39.1. The largest absolute Gasteiger partial charge is 0.310 e. The third-order valence-corrected chi connectivity index (χ3v) is 12.9. The molecule has 0 saturated heterocycles. The normalized spacial score (nSPS) is 14.4. The summed E-state index contributed by atoms with van der Waals surface area (Å²) < 4.78 is 0. The van der Waals surface area contributed by atoms with Crippen molar-refractivity contribution >= 4 is 17.1 Å². The second-order valence-corrected chi connectivity index (χ2v) is 16.7. The van der Waals surface area contributed by atoms with Crippen LogP contribution in [0.5, 0.6) is 0 Å². The summed E-state index contributed by atoms with van der Waals surface area (Å²) in [5, 5.41) is 0. The molecule has 8 aromatic rings. The molecule has 282 valence electrons. The van der Waals surface area contributed by atoms with Crippen molar-refractivity contribution in [1.82, 2.24) is 0 Å². The van der Waals surface area contributed by atoms with Crippen molar-refractivity contribution in [2.75, 3.05) is 4.90 Å². The Morgan fingerprint density at radius 1 is 0.379 bits per heavy atom. The van der Waals surface area contributed by atoms with E-state index in [1.807, 2.05) is 0 Å². The van der Waals surface area contributed by atoms with Gasteiger partial charge in [-0.3, -0.25) is 0 Å². The molecule has 0 bridgehead atoms. The second-order valence-electron chi connectivity index (χ2n) is 16.7. The van der Waals surface area contributed by atoms with Gasteiger partial charge in [-0.15, -0.1) is 0 Å². The first-order chi connectivity index (χ1) is 28.5. The van der Waals surface area contributed by atoms with Crippen LogP contribution in [0.25, 0.3) is 55.6 Å². The third-order valence-electron chi connectivity index (χ3n) is 12.9. The fraction of sp³-hybridized carbons (Fsp3) is 0.158. The van der Waals surface area contributed by atoms with Gasteiger partial charge in [-0.1, -0.05) is 191 Å². The average molecular weight is 748 g/mol. The number of fused-ring (bicyclic) bond motifs is 3. The molecule has 0 unspecified atom stereocenters. The van der Waals surface area contributed by atoms with Gasteiger partial charge in [0, 0.05) is 22.5 Å². The van der Waals surface area contributed by atoms with Crippen LogP contribution < -0.4 is 4.90 Å². The lowest BCUT2D eigenvalue weighted by molar-refractivity contribution is 0.443. The predicted molar refractivity (Wildman–Crippen MR) is 246 cm³/mol. The topological polar surface area (TPSA) is 3.24 Å². The summed E-state index contributed by atoms with van der Waals surface area (Å²) in [5.41, 5.74) is 20.2. The lowest BCUT2D eigenvalue weighted by atomic mass is 9.81. The fourth-order valence-electron chi connectivity index (χ4n) is 9.90. The van der Waals surface area contributed by atoms with Crippen LogP contribution in [-0.4, -0.2) is 0 Å². The van der Waals surface area contributed by atoms with Crippen molar-refractivity contribution in [3.8, 4) is 55.6 Å². The van der Waals surface area contributed by atoms with Gasteiger partial charge < -0.3 is 4.90 Å². The van der Waals surface area contributed by atoms with Crippen LogP contribution in [0.1, 0.15) is 68.6 Å². The summed E-state index contributed by atoms with van der Waals surface area (Å²) in [6.07, 6.45) is 6.64. The summed E-state index contributed by atoms with van der Waals surface area (Å²) in [7, 11) is 0. The molecule has 0 amide bonds. The van der Waals surface area contributed by atoms with E-state index in [2.05, 4.69) is 213 Å². The summed E-state index contributed by atoms with van der Waals surface area (Å²) in [6, 6.07) is 72.0. The van der Waals surface area contributed by atoms with E-state index in [9.17, 15) is 0 Å². The number of anilines is 3. The fourth-order valence-corrected chi connectivity index (χ4v) is 9.90. The molecule has 0 N–H and O–H groups in total. The maximum Gasteiger partial charge on any atom is 0.0465 e. The number of benzene rings is 8. The number of hydrogen-bond acceptors (Lipinski definition) is 1. The summed E-state index contributed by atoms with van der Waals surface area (Å²) in [5.74, 6) is 0.667. The van der Waals surface area contributed by atoms with E-state index in [-0.39, 0.29) is 5.41 Å². The molecule has 1 saturated carbocycles. The van der Waals surface area contributed by atoms with Crippen LogP contribution in [0.3, 0.4) is 0 Å². The van der Waals surface area contributed by atoms with Crippen LogP contribution in [-0.2, 0) is 5.41 Å². The predicted octanol–water partition coefficient (Wildman–Crippen LogP) is 16.2. The van der Waals surface area contributed by atoms with Gasteiger partial charge in [0.15, 0.2) is 0 Å². The lowest BCUT2D eigenvalue weighted by Gasteiger charge is -2.29. The van der Waals surface area contributed by atoms with E-state index >= 15 is 0 Å². The molecule has 58 heavy (non-hydrogen) atoms. The van der Waals surface area contributed by atoms with Crippen molar-refractivity contribution in [2.24, 2.45) is 0 Å². The number of rotatable bonds is 8. The van der Waals surface area contributed by atoms with Gasteiger partial charge in [0.1, 0.15) is 0 Å². The highest BCUT2D eigenvalue weighted by Crippen LogP contribution is 2.54. The molecule has 2 aliphatic rings. The van der Waals surface area contributed by atoms with Gasteiger partial charge >= 0.3 is 0 Å². The van der Waals surface area contributed by atoms with Crippen molar-refractivity contribution in [2.45, 2.75) is 57.3 Å². The molecular weight excluding hydrogens is 699 g/mol. The summed E-state index contributed by atoms with van der Waals surface area (Å²) >= 11 is 0. The van der Waals surface area contributed by atoms with E-state index in [1.165, 1.54) is 116 Å². The van der Waals surface area contributed by atoms with Crippen LogP contribution >= 0.6 is 0 Å². The molecule has 0 aromatic heterocycles. The molecule has 0 aliphatic heterocycles. The van der Waals surface area contributed by atoms with Crippen molar-refractivity contribution in [3.63, 3.8) is 0 Å². The first kappa shape index (κ1) is 35.9. The maximum atomic E-state index is 2.46. The van der Waals surface area contributed by atoms with Crippen LogP contribution in [0, 0.1) is 0 Å². The Bertz CT molecular complexity index is 2700. The molecule has 0 heterocycles. The highest BCUT2D eigenvalue weighted by Gasteiger charge is 2.37. The highest BCUT2D eigenvalue weighted by molar-refractivity contribution is 5.95. The Labute approximate surface area is 344 Å². The molecule has 0 atom stereocenters. The molecule has 1 heteroatoms. The Balaban J connectivity index is 1.07. The van der Waals surface area contributed by atoms with Crippen LogP contribution in [0.2, 0.25) is 0 Å². The second kappa shape index (κ2) is 15.1. The zero-order valence-corrected chi connectivity index (χ0v) is 33.5. The quantitative estimate of drug-likeness (QED) is 0.150. The molecule has 1 nitrogen and oxygen atoms in total. The van der Waals surface area contributed by atoms with Crippen LogP contribution in [0.15, 0.2) is 194 Å². The SMILES string of the molecule is CC1(C)c2cc(N(c3ccc(-c4ccccc4-c4ccccc4-c4ccccc4)cc3)c3ccc(C4CCCCC4)cc3)ccc2-c2c(-c3ccccc3)cccc21. The highest BCUT2D eigenvalue weighted by atomic mass is 15.1. The van der Waals surface area contributed by atoms with Crippen LogP contribution in [0.4, 0.5) is 17.1 Å². The zero-order valence-electron chi connectivity index (χ0n) is 33.5. The van der Waals surface area contributed by atoms with Gasteiger partial charge in [0.2, 0.25) is 0 Å². The number of hydrogen-bond donors (Lipinski definition) is 0. The smallest absolute Gasteiger partial charge is 0.0465 e. The van der Waals surface area contributed by atoms with E-state index in [0.717, 1.165) is 5.69 Å². The Kier molecular flexibility index (Phi) is 9.38. The van der Waals surface area contributed by atoms with E-state index in [0.29, 0.717) is 5.92 Å². The van der Waals surface area contributed by atoms with E-state index < -0.39 is 0 Å². The minimum atomic E-state index is -0.147. The molecule has 1 fully saturated rings. The molecule has 0 spiro atoms. The van der Waals surface area contributed by atoms with Gasteiger partial charge in [0.25, 0.3) is 0 Å². The van der Waals surface area contributed by atoms with Crippen molar-refractivity contribution < 1.29 is 0 Å². The molecular formula is C57H49N. The first-order valence-electron chi connectivity index (χ1n) is 21.1. The minimum Gasteiger partial charge on any atom is -0.310 e. The monoisotopic (exact) mass is 747 g/mol. The molecule has 10 rings (SSSR count). The van der Waals surface area contributed by atoms with Gasteiger partial charge in [-0.2, -0.15) is 0 Å². The maximum absolute atomic E-state index is 2.46. The van der Waals surface area contributed by atoms with Gasteiger partial charge in [-0.25, -0.2) is 0 Å². The van der Waals surface area contributed by atoms with Gasteiger partial charge in [0.05, 0.1) is 0 Å².